The van der Waals surface area contributed by atoms with Crippen LogP contribution in [0.1, 0.15) is 84.8 Å². The first-order valence-electron chi connectivity index (χ1n) is 17.6. The second-order valence-electron chi connectivity index (χ2n) is 13.7. The zero-order valence-corrected chi connectivity index (χ0v) is 32.3. The number of hydroxylamine groups is 2. The maximum Gasteiger partial charge on any atom is 0.337 e. The average Bonchev–Trinajstić information content (AvgIpc) is 3.65. The van der Waals surface area contributed by atoms with Gasteiger partial charge in [0.2, 0.25) is 5.69 Å². The van der Waals surface area contributed by atoms with Crippen molar-refractivity contribution in [3.63, 3.8) is 0 Å². The van der Waals surface area contributed by atoms with Gasteiger partial charge in [-0.05, 0) is 83.0 Å². The van der Waals surface area contributed by atoms with Crippen LogP contribution in [0, 0.1) is 5.92 Å². The largest absolute Gasteiger partial charge is 0.344 e. The van der Waals surface area contributed by atoms with Crippen LogP contribution in [-0.2, 0) is 49.5 Å². The number of carbonyl (C=O) groups excluding carboxylic acids is 3. The van der Waals surface area contributed by atoms with Gasteiger partial charge < -0.3 is 9.74 Å². The van der Waals surface area contributed by atoms with Gasteiger partial charge in [0.15, 0.2) is 5.71 Å². The summed E-state index contributed by atoms with van der Waals surface area (Å²) in [6.07, 6.45) is 11.4. The van der Waals surface area contributed by atoms with Gasteiger partial charge in [-0.1, -0.05) is 43.0 Å². The molecular formula is C38H46N3O10S2+. The van der Waals surface area contributed by atoms with Gasteiger partial charge in [0.1, 0.15) is 6.54 Å². The molecule has 2 aromatic carbocycles. The van der Waals surface area contributed by atoms with Gasteiger partial charge in [0.25, 0.3) is 21.9 Å². The highest BCUT2D eigenvalue weighted by Gasteiger charge is 2.52. The number of hydrogen-bond acceptors (Lipinski definition) is 11. The molecule has 13 nitrogen and oxygen atoms in total. The first-order valence-corrected chi connectivity index (χ1v) is 19.8. The van der Waals surface area contributed by atoms with Crippen molar-refractivity contribution in [1.29, 1.82) is 0 Å². The molecule has 2 N–H and O–H groups in total. The molecule has 15 heteroatoms. The van der Waals surface area contributed by atoms with Gasteiger partial charge in [-0.3, -0.25) is 14.1 Å². The summed E-state index contributed by atoms with van der Waals surface area (Å²) in [5.41, 5.74) is 3.48. The molecule has 5 rings (SSSR count). The van der Waals surface area contributed by atoms with E-state index in [9.17, 15) is 27.4 Å². The Morgan fingerprint density at radius 2 is 1.74 bits per heavy atom. The highest BCUT2D eigenvalue weighted by atomic mass is 32.2. The Labute approximate surface area is 314 Å². The third-order valence-corrected chi connectivity index (χ3v) is 11.8. The zero-order valence-electron chi connectivity index (χ0n) is 30.7. The SMILES string of the molecule is CCCCC(C(=O)ON1C(=O)CCC1=O)C1(C)\C(=C/C=C/C=C/C2=[N+](CC)c3ccc(S(=O)(=O)O)cc3C2(C)C)N(CC)c2ccc(SOOO)cc21. The van der Waals surface area contributed by atoms with Crippen molar-refractivity contribution >= 4 is 57.0 Å². The second-order valence-corrected chi connectivity index (χ2v) is 15.9. The Balaban J connectivity index is 1.55. The molecule has 0 aliphatic carbocycles. The summed E-state index contributed by atoms with van der Waals surface area (Å²) in [4.78, 5) is 47.2. The number of likely N-dealkylation sites (N-methyl/N-ethyl adjacent to an activating group) is 1. The molecule has 0 saturated carbocycles. The van der Waals surface area contributed by atoms with Crippen LogP contribution < -0.4 is 4.90 Å². The number of imide groups is 1. The molecule has 1 fully saturated rings. The summed E-state index contributed by atoms with van der Waals surface area (Å²) in [5.74, 6) is -2.60. The lowest BCUT2D eigenvalue weighted by atomic mass is 9.69. The van der Waals surface area contributed by atoms with E-state index in [1.807, 2.05) is 90.1 Å². The molecule has 2 amide bonds. The number of anilines is 1. The predicted octanol–water partition coefficient (Wildman–Crippen LogP) is 6.97. The van der Waals surface area contributed by atoms with Crippen LogP contribution in [0.15, 0.2) is 82.3 Å². The molecule has 1 saturated heterocycles. The van der Waals surface area contributed by atoms with Gasteiger partial charge in [-0.15, -0.1) is 9.40 Å². The lowest BCUT2D eigenvalue weighted by Gasteiger charge is -2.36. The monoisotopic (exact) mass is 768 g/mol. The fraction of sp³-hybridized carbons (Fsp3) is 0.421. The van der Waals surface area contributed by atoms with Crippen molar-refractivity contribution in [2.24, 2.45) is 5.92 Å². The molecule has 284 valence electrons. The van der Waals surface area contributed by atoms with Crippen LogP contribution in [0.4, 0.5) is 11.4 Å². The first kappa shape index (κ1) is 40.1. The molecule has 53 heavy (non-hydrogen) atoms. The summed E-state index contributed by atoms with van der Waals surface area (Å²) in [7, 11) is -4.37. The predicted molar refractivity (Wildman–Crippen MR) is 199 cm³/mol. The molecule has 3 heterocycles. The van der Waals surface area contributed by atoms with Crippen LogP contribution in [-0.4, -0.2) is 64.5 Å². The maximum atomic E-state index is 14.1. The van der Waals surface area contributed by atoms with Crippen LogP contribution in [0.2, 0.25) is 0 Å². The normalized spacial score (nSPS) is 21.1. The molecule has 3 aliphatic rings. The number of unbranched alkanes of at least 4 members (excludes halogenated alkanes) is 1. The van der Waals surface area contributed by atoms with Crippen molar-refractivity contribution in [2.75, 3.05) is 18.0 Å². The molecule has 0 bridgehead atoms. The van der Waals surface area contributed by atoms with Gasteiger partial charge in [0.05, 0.1) is 28.3 Å². The van der Waals surface area contributed by atoms with Crippen LogP contribution in [0.5, 0.6) is 0 Å². The lowest BCUT2D eigenvalue weighted by molar-refractivity contribution is -0.433. The lowest BCUT2D eigenvalue weighted by Crippen LogP contribution is -2.44. The Hall–Kier alpha value is -4.12. The summed E-state index contributed by atoms with van der Waals surface area (Å²) < 4.78 is 40.3. The standard InChI is InChI=1S/C38H45N3O10S2/c1-7-10-14-27(36(44)49-41-34(42)21-22-35(41)43)38(6)29-23-25(52-51-50-45)17-19-31(29)40(9-3)33(38)16-13-11-12-15-32-37(4,5)28-24-26(53(46,47)48)18-20-30(28)39(32)8-2/h11-13,15-20,23-24,27H,7-10,14,21-22H2,1-6H3,(H-,45,46,47,48)/p+1. The van der Waals surface area contributed by atoms with E-state index in [-0.39, 0.29) is 17.7 Å². The third-order valence-electron chi connectivity index (χ3n) is 10.3. The molecule has 0 spiro atoms. The average molecular weight is 769 g/mol. The molecule has 2 aromatic rings. The van der Waals surface area contributed by atoms with E-state index in [1.165, 1.54) is 12.1 Å². The van der Waals surface area contributed by atoms with Crippen LogP contribution >= 0.6 is 12.0 Å². The smallest absolute Gasteiger partial charge is 0.337 e. The van der Waals surface area contributed by atoms with Gasteiger partial charge in [-0.2, -0.15) is 13.0 Å². The van der Waals surface area contributed by atoms with Gasteiger partial charge in [-0.25, -0.2) is 10.1 Å². The van der Waals surface area contributed by atoms with Crippen LogP contribution in [0.25, 0.3) is 0 Å². The number of hydrogen-bond donors (Lipinski definition) is 2. The van der Waals surface area contributed by atoms with E-state index in [0.717, 1.165) is 52.4 Å². The van der Waals surface area contributed by atoms with E-state index < -0.39 is 44.6 Å². The molecule has 2 atom stereocenters. The number of rotatable bonds is 15. The highest BCUT2D eigenvalue weighted by molar-refractivity contribution is 7.94. The van der Waals surface area contributed by atoms with Crippen molar-refractivity contribution in [3.8, 4) is 0 Å². The molecule has 0 radical (unpaired) electrons. The minimum absolute atomic E-state index is 0.0174. The van der Waals surface area contributed by atoms with E-state index in [0.29, 0.717) is 35.9 Å². The van der Waals surface area contributed by atoms with Crippen LogP contribution in [0.3, 0.4) is 0 Å². The highest BCUT2D eigenvalue weighted by Crippen LogP contribution is 2.54. The van der Waals surface area contributed by atoms with Crippen molar-refractivity contribution in [2.45, 2.75) is 94.3 Å². The quantitative estimate of drug-likeness (QED) is 0.0365. The molecule has 0 aromatic heterocycles. The topological polar surface area (TPSA) is 163 Å². The third kappa shape index (κ3) is 7.64. The Morgan fingerprint density at radius 3 is 2.36 bits per heavy atom. The molecular weight excluding hydrogens is 723 g/mol. The summed E-state index contributed by atoms with van der Waals surface area (Å²) in [5, 5.41) is 13.2. The molecule has 3 aliphatic heterocycles. The van der Waals surface area contributed by atoms with E-state index in [2.05, 4.69) is 14.5 Å². The number of allylic oxidation sites excluding steroid dienone is 6. The Bertz CT molecular complexity index is 2000. The Kier molecular flexibility index (Phi) is 12.2. The first-order chi connectivity index (χ1) is 25.1. The minimum atomic E-state index is -4.37. The number of carbonyl (C=O) groups is 3. The fourth-order valence-corrected chi connectivity index (χ4v) is 8.57. The molecule has 2 unspecified atom stereocenters. The van der Waals surface area contributed by atoms with Crippen molar-refractivity contribution in [3.05, 3.63) is 83.6 Å². The summed E-state index contributed by atoms with van der Waals surface area (Å²) in [6, 6.07) is 10.2. The van der Waals surface area contributed by atoms with E-state index in [1.54, 1.807) is 6.07 Å². The number of amides is 2. The van der Waals surface area contributed by atoms with Crippen molar-refractivity contribution in [1.82, 2.24) is 5.06 Å². The number of nitrogens with zero attached hydrogens (tertiary/aromatic N) is 3. The minimum Gasteiger partial charge on any atom is -0.344 e. The second kappa shape index (κ2) is 16.1. The van der Waals surface area contributed by atoms with Gasteiger partial charge in [0, 0.05) is 58.8 Å². The van der Waals surface area contributed by atoms with Crippen molar-refractivity contribution < 1.29 is 51.4 Å². The van der Waals surface area contributed by atoms with Gasteiger partial charge >= 0.3 is 5.97 Å². The van der Waals surface area contributed by atoms with E-state index >= 15 is 0 Å². The summed E-state index contributed by atoms with van der Waals surface area (Å²) in [6.45, 7) is 13.2. The van der Waals surface area contributed by atoms with E-state index in [4.69, 9.17) is 14.4 Å². The fourth-order valence-electron chi connectivity index (χ4n) is 7.67. The zero-order chi connectivity index (χ0) is 38.7. The number of fused-ring (bicyclic) bond motifs is 2. The number of benzene rings is 2. The Morgan fingerprint density at radius 1 is 1.02 bits per heavy atom. The maximum absolute atomic E-state index is 14.1. The summed E-state index contributed by atoms with van der Waals surface area (Å²) >= 11 is 0.802.